The van der Waals surface area contributed by atoms with Crippen molar-refractivity contribution in [3.8, 4) is 5.75 Å². The summed E-state index contributed by atoms with van der Waals surface area (Å²) in [6.45, 7) is 0. The number of rotatable bonds is 10. The lowest BCUT2D eigenvalue weighted by Gasteiger charge is -2.14. The Kier molecular flexibility index (Phi) is 9.88. The number of fused-ring (bicyclic) bond motifs is 2. The van der Waals surface area contributed by atoms with E-state index in [-0.39, 0.29) is 55.0 Å². The number of phenols is 1. The highest BCUT2D eigenvalue weighted by molar-refractivity contribution is 7.86. The summed E-state index contributed by atoms with van der Waals surface area (Å²) in [5.74, 6) is -1.08. The molecule has 0 fully saturated rings. The first-order valence-electron chi connectivity index (χ1n) is 14.2. The van der Waals surface area contributed by atoms with Gasteiger partial charge in [-0.2, -0.15) is 40.2 Å². The zero-order valence-electron chi connectivity index (χ0n) is 25.8. The fourth-order valence-corrected chi connectivity index (χ4v) is 7.68. The van der Waals surface area contributed by atoms with Crippen molar-refractivity contribution >= 4 is 109 Å². The summed E-state index contributed by atoms with van der Waals surface area (Å²) < 4.78 is 123. The highest BCUT2D eigenvalue weighted by Crippen LogP contribution is 2.43. The van der Waals surface area contributed by atoms with Crippen molar-refractivity contribution in [2.24, 2.45) is 10.2 Å². The van der Waals surface area contributed by atoms with E-state index in [9.17, 15) is 52.8 Å². The normalized spacial score (nSPS) is 13.1. The summed E-state index contributed by atoms with van der Waals surface area (Å²) in [5.41, 5.74) is -0.654. The lowest BCUT2D eigenvalue weighted by atomic mass is 10.1. The number of phenolic OH excluding ortho intramolecular Hbond substituents is 1. The predicted octanol–water partition coefficient (Wildman–Crippen LogP) is 5.76. The van der Waals surface area contributed by atoms with Gasteiger partial charge in [0.1, 0.15) is 21.2 Å². The maximum atomic E-state index is 12.5. The van der Waals surface area contributed by atoms with Crippen LogP contribution in [0.3, 0.4) is 0 Å². The van der Waals surface area contributed by atoms with Gasteiger partial charge in [-0.1, -0.05) is 24.3 Å². The van der Waals surface area contributed by atoms with Crippen LogP contribution in [-0.2, 0) is 41.4 Å². The Bertz CT molecular complexity index is 2880. The van der Waals surface area contributed by atoms with Crippen LogP contribution < -0.4 is 10.6 Å². The van der Waals surface area contributed by atoms with Gasteiger partial charge in [0.25, 0.3) is 30.4 Å². The Hall–Kier alpha value is -5.24. The molecule has 6 aromatic rings. The average molecular weight is 822 g/mol. The summed E-state index contributed by atoms with van der Waals surface area (Å²) in [6, 6.07) is 15.5. The minimum atomic E-state index is -5.10. The molecule has 24 heteroatoms. The first kappa shape index (κ1) is 37.5. The van der Waals surface area contributed by atoms with Crippen LogP contribution in [0.2, 0.25) is 5.28 Å². The molecule has 7 N–H and O–H groups in total. The second-order valence-corrected chi connectivity index (χ2v) is 16.1. The number of nitrogens with one attached hydrogen (secondary N) is 2. The molecule has 1 heterocycles. The second-order valence-electron chi connectivity index (χ2n) is 10.7. The van der Waals surface area contributed by atoms with Crippen molar-refractivity contribution in [2.45, 2.75) is 19.6 Å². The smallest absolute Gasteiger partial charge is 0.297 e. The van der Waals surface area contributed by atoms with E-state index in [1.807, 2.05) is 0 Å². The summed E-state index contributed by atoms with van der Waals surface area (Å²) in [5, 5.41) is 23.7. The zero-order valence-corrected chi connectivity index (χ0v) is 29.9. The standard InChI is InChI=1S/C29H20ClN7O12S4/c30-27-33-28(31-15-5-7-16(8-6-15)50(39)40)35-29(34-27)32-22-13-17(51(41,42)43)12-14-4-10-20(25(38)24(14)22)36-37-21-11-9-18-19(26(21)53(47,48)49)2-1-3-23(18)52(44,45)46/h1-13,38H,(H,39,40)(H,41,42,43)(H,44,45,46)(H,47,48,49)(H2,31,32,33,34,35). The minimum absolute atomic E-state index is 0.0287. The van der Waals surface area contributed by atoms with Crippen LogP contribution in [0.25, 0.3) is 21.5 Å². The van der Waals surface area contributed by atoms with E-state index in [1.165, 1.54) is 36.4 Å². The van der Waals surface area contributed by atoms with Gasteiger partial charge in [-0.05, 0) is 71.6 Å². The van der Waals surface area contributed by atoms with Crippen LogP contribution in [0.5, 0.6) is 5.75 Å². The number of anilines is 4. The third kappa shape index (κ3) is 8.07. The third-order valence-corrected chi connectivity index (χ3v) is 10.8. The summed E-state index contributed by atoms with van der Waals surface area (Å²) >= 11 is 3.89. The van der Waals surface area contributed by atoms with Crippen LogP contribution in [0.1, 0.15) is 0 Å². The van der Waals surface area contributed by atoms with Crippen molar-refractivity contribution in [2.75, 3.05) is 10.6 Å². The van der Waals surface area contributed by atoms with Gasteiger partial charge in [0, 0.05) is 21.8 Å². The Morgan fingerprint density at radius 3 is 1.96 bits per heavy atom. The summed E-state index contributed by atoms with van der Waals surface area (Å²) in [6.07, 6.45) is 0. The van der Waals surface area contributed by atoms with E-state index in [1.54, 1.807) is 0 Å². The molecule has 1 atom stereocenters. The Morgan fingerprint density at radius 2 is 1.34 bits per heavy atom. The lowest BCUT2D eigenvalue weighted by Crippen LogP contribution is -2.05. The SMILES string of the molecule is O=S(O)c1ccc(Nc2nc(Cl)nc(Nc3cc(S(=O)(=O)O)cc4ccc(N=Nc5ccc6c(S(=O)(=O)O)cccc6c5S(=O)(=O)O)c(O)c34)n2)cc1. The number of hydrogen-bond donors (Lipinski definition) is 7. The van der Waals surface area contributed by atoms with Gasteiger partial charge in [-0.3, -0.25) is 13.7 Å². The Balaban J connectivity index is 1.45. The lowest BCUT2D eigenvalue weighted by molar-refractivity contribution is 0.480. The molecule has 0 saturated heterocycles. The molecule has 0 spiro atoms. The highest BCUT2D eigenvalue weighted by Gasteiger charge is 2.24. The molecular weight excluding hydrogens is 802 g/mol. The molecule has 5 aromatic carbocycles. The van der Waals surface area contributed by atoms with E-state index in [2.05, 4.69) is 35.8 Å². The molecule has 0 amide bonds. The van der Waals surface area contributed by atoms with Gasteiger partial charge < -0.3 is 20.3 Å². The summed E-state index contributed by atoms with van der Waals surface area (Å²) in [7, 11) is -14.7. The Morgan fingerprint density at radius 1 is 0.698 bits per heavy atom. The van der Waals surface area contributed by atoms with Crippen LogP contribution in [0, 0.1) is 0 Å². The molecule has 6 rings (SSSR count). The van der Waals surface area contributed by atoms with E-state index < -0.39 is 67.6 Å². The molecule has 0 aliphatic carbocycles. The fourth-order valence-electron chi connectivity index (χ4n) is 5.08. The van der Waals surface area contributed by atoms with Gasteiger partial charge in [0.2, 0.25) is 17.2 Å². The van der Waals surface area contributed by atoms with Crippen LogP contribution in [0.4, 0.5) is 34.6 Å². The number of halogens is 1. The molecule has 0 aliphatic rings. The zero-order chi connectivity index (χ0) is 38.5. The maximum Gasteiger partial charge on any atom is 0.297 e. The molecule has 274 valence electrons. The quantitative estimate of drug-likeness (QED) is 0.0490. The van der Waals surface area contributed by atoms with Gasteiger partial charge in [0.05, 0.1) is 15.5 Å². The summed E-state index contributed by atoms with van der Waals surface area (Å²) in [4.78, 5) is 10.1. The molecule has 0 radical (unpaired) electrons. The van der Waals surface area contributed by atoms with Gasteiger partial charge in [-0.15, -0.1) is 10.2 Å². The molecule has 0 aliphatic heterocycles. The molecule has 1 aromatic heterocycles. The molecule has 1 unspecified atom stereocenters. The first-order valence-corrected chi connectivity index (χ1v) is 20.0. The fraction of sp³-hybridized carbons (Fsp3) is 0. The number of benzene rings is 5. The predicted molar refractivity (Wildman–Crippen MR) is 190 cm³/mol. The van der Waals surface area contributed by atoms with E-state index in [4.69, 9.17) is 11.6 Å². The van der Waals surface area contributed by atoms with Crippen LogP contribution in [-0.4, -0.2) is 67.7 Å². The first-order chi connectivity index (χ1) is 24.8. The Labute approximate surface area is 306 Å². The van der Waals surface area contributed by atoms with Crippen LogP contribution >= 0.6 is 11.6 Å². The van der Waals surface area contributed by atoms with Crippen molar-refractivity contribution in [3.05, 3.63) is 84.1 Å². The van der Waals surface area contributed by atoms with Crippen molar-refractivity contribution < 1.29 is 52.8 Å². The molecule has 0 saturated carbocycles. The second kappa shape index (κ2) is 14.0. The number of hydrogen-bond acceptors (Lipinski definition) is 15. The number of azo groups is 1. The average Bonchev–Trinajstić information content (AvgIpc) is 3.06. The van der Waals surface area contributed by atoms with Crippen molar-refractivity contribution in [3.63, 3.8) is 0 Å². The van der Waals surface area contributed by atoms with Crippen molar-refractivity contribution in [1.82, 2.24) is 15.0 Å². The maximum absolute atomic E-state index is 12.5. The number of nitrogens with zero attached hydrogens (tertiary/aromatic N) is 5. The van der Waals surface area contributed by atoms with E-state index in [0.29, 0.717) is 5.69 Å². The molecule has 53 heavy (non-hydrogen) atoms. The monoisotopic (exact) mass is 821 g/mol. The largest absolute Gasteiger partial charge is 0.505 e. The van der Waals surface area contributed by atoms with Gasteiger partial charge >= 0.3 is 0 Å². The third-order valence-electron chi connectivity index (χ3n) is 7.26. The van der Waals surface area contributed by atoms with E-state index >= 15 is 0 Å². The highest BCUT2D eigenvalue weighted by atomic mass is 35.5. The van der Waals surface area contributed by atoms with E-state index in [0.717, 1.165) is 42.5 Å². The molecular formula is C29H20ClN7O12S4. The van der Waals surface area contributed by atoms with Gasteiger partial charge in [0.15, 0.2) is 16.8 Å². The number of aromatic nitrogens is 3. The van der Waals surface area contributed by atoms with Crippen LogP contribution in [0.15, 0.2) is 109 Å². The molecule has 0 bridgehead atoms. The number of aromatic hydroxyl groups is 1. The minimum Gasteiger partial charge on any atom is -0.505 e. The van der Waals surface area contributed by atoms with Crippen molar-refractivity contribution in [1.29, 1.82) is 0 Å². The topological polar surface area (TPSA) is 308 Å². The molecule has 19 nitrogen and oxygen atoms in total. The van der Waals surface area contributed by atoms with Gasteiger partial charge in [-0.25, -0.2) is 4.21 Å².